The van der Waals surface area contributed by atoms with Crippen molar-refractivity contribution in [2.75, 3.05) is 5.32 Å². The van der Waals surface area contributed by atoms with Crippen LogP contribution in [0.5, 0.6) is 0 Å². The van der Waals surface area contributed by atoms with Crippen LogP contribution in [0.15, 0.2) is 24.3 Å². The van der Waals surface area contributed by atoms with Gasteiger partial charge in [0.05, 0.1) is 5.69 Å². The molecule has 3 N–H and O–H groups in total. The zero-order valence-corrected chi connectivity index (χ0v) is 10.9. The summed E-state index contributed by atoms with van der Waals surface area (Å²) < 4.78 is 0. The molecule has 0 aliphatic heterocycles. The van der Waals surface area contributed by atoms with Crippen LogP contribution in [0.3, 0.4) is 0 Å². The van der Waals surface area contributed by atoms with Gasteiger partial charge in [-0.25, -0.2) is 0 Å². The van der Waals surface area contributed by atoms with Crippen molar-refractivity contribution in [2.24, 2.45) is 23.5 Å². The molecule has 0 radical (unpaired) electrons. The lowest BCUT2D eigenvalue weighted by Crippen LogP contribution is -2.20. The molecule has 2 fully saturated rings. The summed E-state index contributed by atoms with van der Waals surface area (Å²) in [5, 5.41) is 2.98. The summed E-state index contributed by atoms with van der Waals surface area (Å²) in [7, 11) is 0. The minimum Gasteiger partial charge on any atom is -0.389 e. The fourth-order valence-corrected chi connectivity index (χ4v) is 3.41. The van der Waals surface area contributed by atoms with Gasteiger partial charge >= 0.3 is 0 Å². The van der Waals surface area contributed by atoms with E-state index in [9.17, 15) is 4.79 Å². The summed E-state index contributed by atoms with van der Waals surface area (Å²) in [6.45, 7) is 0. The number of anilines is 1. The first-order valence-electron chi connectivity index (χ1n) is 6.38. The van der Waals surface area contributed by atoms with E-state index in [0.29, 0.717) is 16.8 Å². The van der Waals surface area contributed by atoms with Gasteiger partial charge in [0.15, 0.2) is 0 Å². The highest BCUT2D eigenvalue weighted by Crippen LogP contribution is 2.57. The molecule has 0 aromatic heterocycles. The first-order valence-corrected chi connectivity index (χ1v) is 6.79. The molecule has 2 atom stereocenters. The molecule has 3 nitrogen and oxygen atoms in total. The monoisotopic (exact) mass is 260 g/mol. The smallest absolute Gasteiger partial charge is 0.228 e. The standard InChI is InChI=1S/C14H16N2OS/c15-13(18)10-4-1-2-7-11(10)16-14(17)12-8-5-3-6-9(8)12/h1-2,4,7-9,12H,3,5-6H2,(H2,15,18)(H,16,17). The first-order chi connectivity index (χ1) is 8.68. The SMILES string of the molecule is NC(=S)c1ccccc1NC(=O)C1C2CCCC21. The van der Waals surface area contributed by atoms with Gasteiger partial charge in [-0.1, -0.05) is 30.8 Å². The van der Waals surface area contributed by atoms with E-state index in [1.807, 2.05) is 24.3 Å². The molecule has 0 spiro atoms. The zero-order chi connectivity index (χ0) is 12.7. The first kappa shape index (κ1) is 11.7. The highest BCUT2D eigenvalue weighted by atomic mass is 32.1. The molecule has 18 heavy (non-hydrogen) atoms. The summed E-state index contributed by atoms with van der Waals surface area (Å²) in [5.74, 6) is 1.61. The third-order valence-corrected chi connectivity index (χ3v) is 4.38. The highest BCUT2D eigenvalue weighted by molar-refractivity contribution is 7.80. The minimum atomic E-state index is 0.133. The van der Waals surface area contributed by atoms with E-state index in [4.69, 9.17) is 18.0 Å². The zero-order valence-electron chi connectivity index (χ0n) is 10.1. The number of para-hydroxylation sites is 1. The summed E-state index contributed by atoms with van der Waals surface area (Å²) >= 11 is 4.99. The van der Waals surface area contributed by atoms with Crippen LogP contribution in [-0.2, 0) is 4.79 Å². The van der Waals surface area contributed by atoms with Crippen molar-refractivity contribution in [3.8, 4) is 0 Å². The average molecular weight is 260 g/mol. The molecule has 2 aliphatic rings. The lowest BCUT2D eigenvalue weighted by Gasteiger charge is -2.10. The molecule has 1 aromatic rings. The predicted molar refractivity (Wildman–Crippen MR) is 75.3 cm³/mol. The number of hydrogen-bond donors (Lipinski definition) is 2. The van der Waals surface area contributed by atoms with E-state index in [-0.39, 0.29) is 11.8 Å². The summed E-state index contributed by atoms with van der Waals surface area (Å²) in [5.41, 5.74) is 7.13. The number of amides is 1. The third-order valence-electron chi connectivity index (χ3n) is 4.16. The molecule has 0 saturated heterocycles. The molecule has 4 heteroatoms. The maximum absolute atomic E-state index is 12.2. The summed E-state index contributed by atoms with van der Waals surface area (Å²) in [6, 6.07) is 7.44. The second-order valence-corrected chi connectivity index (χ2v) is 5.62. The topological polar surface area (TPSA) is 55.1 Å². The van der Waals surface area contributed by atoms with E-state index < -0.39 is 0 Å². The van der Waals surface area contributed by atoms with E-state index >= 15 is 0 Å². The van der Waals surface area contributed by atoms with E-state index in [0.717, 1.165) is 11.3 Å². The number of thiocarbonyl (C=S) groups is 1. The number of fused-ring (bicyclic) bond motifs is 1. The molecule has 1 amide bonds. The molecule has 2 unspecified atom stereocenters. The molecule has 2 aliphatic carbocycles. The fraction of sp³-hybridized carbons (Fsp3) is 0.429. The second-order valence-electron chi connectivity index (χ2n) is 5.18. The van der Waals surface area contributed by atoms with Crippen LogP contribution in [0, 0.1) is 17.8 Å². The van der Waals surface area contributed by atoms with Crippen molar-refractivity contribution in [2.45, 2.75) is 19.3 Å². The second kappa shape index (κ2) is 4.35. The van der Waals surface area contributed by atoms with Crippen LogP contribution in [0.25, 0.3) is 0 Å². The van der Waals surface area contributed by atoms with Gasteiger partial charge in [0.25, 0.3) is 0 Å². The lowest BCUT2D eigenvalue weighted by atomic mass is 10.1. The van der Waals surface area contributed by atoms with Gasteiger partial charge in [-0.2, -0.15) is 0 Å². The van der Waals surface area contributed by atoms with Gasteiger partial charge in [-0.05, 0) is 36.8 Å². The molecule has 94 valence electrons. The number of carbonyl (C=O) groups is 1. The third kappa shape index (κ3) is 1.90. The quantitative estimate of drug-likeness (QED) is 0.820. The van der Waals surface area contributed by atoms with Gasteiger partial charge in [0.1, 0.15) is 4.99 Å². The van der Waals surface area contributed by atoms with Crippen LogP contribution >= 0.6 is 12.2 Å². The molecule has 0 heterocycles. The van der Waals surface area contributed by atoms with Crippen LogP contribution in [0.2, 0.25) is 0 Å². The predicted octanol–water partition coefficient (Wildman–Crippen LogP) is 2.31. The van der Waals surface area contributed by atoms with E-state index in [1.54, 1.807) is 0 Å². The van der Waals surface area contributed by atoms with Crippen LogP contribution in [0.4, 0.5) is 5.69 Å². The Morgan fingerprint density at radius 3 is 2.61 bits per heavy atom. The van der Waals surface area contributed by atoms with Gasteiger partial charge in [-0.15, -0.1) is 0 Å². The Morgan fingerprint density at radius 2 is 1.94 bits per heavy atom. The maximum Gasteiger partial charge on any atom is 0.228 e. The fourth-order valence-electron chi connectivity index (χ4n) is 3.23. The summed E-state index contributed by atoms with van der Waals surface area (Å²) in [4.78, 5) is 12.5. The maximum atomic E-state index is 12.2. The van der Waals surface area contributed by atoms with Gasteiger partial charge in [0, 0.05) is 11.5 Å². The van der Waals surface area contributed by atoms with Crippen molar-refractivity contribution < 1.29 is 4.79 Å². The van der Waals surface area contributed by atoms with Crippen LogP contribution < -0.4 is 11.1 Å². The van der Waals surface area contributed by atoms with Gasteiger partial charge in [-0.3, -0.25) is 4.79 Å². The lowest BCUT2D eigenvalue weighted by molar-refractivity contribution is -0.118. The molecular formula is C14H16N2OS. The van der Waals surface area contributed by atoms with Crippen LogP contribution in [-0.4, -0.2) is 10.9 Å². The molecule has 1 aromatic carbocycles. The molecular weight excluding hydrogens is 244 g/mol. The molecule has 0 bridgehead atoms. The largest absolute Gasteiger partial charge is 0.389 e. The Bertz CT molecular complexity index is 504. The number of hydrogen-bond acceptors (Lipinski definition) is 2. The van der Waals surface area contributed by atoms with Crippen molar-refractivity contribution in [1.29, 1.82) is 0 Å². The van der Waals surface area contributed by atoms with Crippen molar-refractivity contribution in [3.63, 3.8) is 0 Å². The van der Waals surface area contributed by atoms with E-state index in [2.05, 4.69) is 5.32 Å². The molecule has 3 rings (SSSR count). The minimum absolute atomic E-state index is 0.133. The summed E-state index contributed by atoms with van der Waals surface area (Å²) in [6.07, 6.45) is 3.70. The Morgan fingerprint density at radius 1 is 1.28 bits per heavy atom. The highest BCUT2D eigenvalue weighted by Gasteiger charge is 2.56. The number of nitrogens with one attached hydrogen (secondary N) is 1. The van der Waals surface area contributed by atoms with Gasteiger partial charge in [0.2, 0.25) is 5.91 Å². The Balaban J connectivity index is 1.73. The number of benzene rings is 1. The van der Waals surface area contributed by atoms with E-state index in [1.165, 1.54) is 19.3 Å². The molecule has 2 saturated carbocycles. The van der Waals surface area contributed by atoms with Gasteiger partial charge < -0.3 is 11.1 Å². The Labute approximate surface area is 112 Å². The number of nitrogens with two attached hydrogens (primary N) is 1. The average Bonchev–Trinajstić information content (AvgIpc) is 2.84. The number of carbonyl (C=O) groups excluding carboxylic acids is 1. The van der Waals surface area contributed by atoms with Crippen molar-refractivity contribution in [1.82, 2.24) is 0 Å². The van der Waals surface area contributed by atoms with Crippen molar-refractivity contribution in [3.05, 3.63) is 29.8 Å². The Kier molecular flexibility index (Phi) is 2.82. The normalized spacial score (nSPS) is 28.6. The number of rotatable bonds is 3. The Hall–Kier alpha value is -1.42. The van der Waals surface area contributed by atoms with Crippen LogP contribution in [0.1, 0.15) is 24.8 Å². The van der Waals surface area contributed by atoms with Crippen molar-refractivity contribution >= 4 is 28.8 Å².